The molecule has 0 aliphatic carbocycles. The highest BCUT2D eigenvalue weighted by atomic mass is 16.6. The van der Waals surface area contributed by atoms with Gasteiger partial charge in [0.1, 0.15) is 5.75 Å². The Labute approximate surface area is 124 Å². The largest absolute Gasteiger partial charge is 0.496 e. The highest BCUT2D eigenvalue weighted by molar-refractivity contribution is 5.72. The Kier molecular flexibility index (Phi) is 3.38. The molecule has 0 radical (unpaired) electrons. The van der Waals surface area contributed by atoms with E-state index in [0.717, 1.165) is 0 Å². The summed E-state index contributed by atoms with van der Waals surface area (Å²) in [5.41, 5.74) is 1.57. The van der Waals surface area contributed by atoms with Crippen molar-refractivity contribution in [1.29, 1.82) is 0 Å². The number of rotatable bonds is 4. The van der Waals surface area contributed by atoms with Gasteiger partial charge in [0.15, 0.2) is 5.58 Å². The highest BCUT2D eigenvalue weighted by Gasteiger charge is 2.15. The fourth-order valence-corrected chi connectivity index (χ4v) is 2.34. The van der Waals surface area contributed by atoms with Gasteiger partial charge in [0.2, 0.25) is 0 Å². The number of aromatic nitrogens is 1. The maximum absolute atomic E-state index is 12.0. The number of oxazole rings is 1. The van der Waals surface area contributed by atoms with Crippen LogP contribution in [0.3, 0.4) is 0 Å². The molecule has 0 aliphatic rings. The number of ether oxygens (including phenoxy) is 1. The molecular weight excluding hydrogens is 288 g/mol. The smallest absolute Gasteiger partial charge is 0.420 e. The normalized spacial score (nSPS) is 10.8. The van der Waals surface area contributed by atoms with E-state index in [0.29, 0.717) is 22.4 Å². The Balaban J connectivity index is 2.12. The molecule has 3 rings (SSSR count). The van der Waals surface area contributed by atoms with Gasteiger partial charge < -0.3 is 9.15 Å². The van der Waals surface area contributed by atoms with E-state index in [-0.39, 0.29) is 12.2 Å². The van der Waals surface area contributed by atoms with Crippen LogP contribution >= 0.6 is 0 Å². The van der Waals surface area contributed by atoms with Gasteiger partial charge in [0.05, 0.1) is 24.1 Å². The van der Waals surface area contributed by atoms with Gasteiger partial charge in [-0.25, -0.2) is 4.79 Å². The van der Waals surface area contributed by atoms with Crippen LogP contribution in [0.2, 0.25) is 0 Å². The number of nitro groups is 1. The van der Waals surface area contributed by atoms with Crippen LogP contribution in [0.15, 0.2) is 51.7 Å². The van der Waals surface area contributed by atoms with Crippen molar-refractivity contribution < 1.29 is 14.1 Å². The summed E-state index contributed by atoms with van der Waals surface area (Å²) in [6, 6.07) is 11.3. The lowest BCUT2D eigenvalue weighted by molar-refractivity contribution is -0.384. The number of benzene rings is 2. The summed E-state index contributed by atoms with van der Waals surface area (Å²) in [6.07, 6.45) is 0. The van der Waals surface area contributed by atoms with Crippen molar-refractivity contribution in [2.75, 3.05) is 7.11 Å². The molecule has 0 N–H and O–H groups in total. The van der Waals surface area contributed by atoms with E-state index in [1.807, 2.05) is 0 Å². The van der Waals surface area contributed by atoms with Gasteiger partial charge in [-0.3, -0.25) is 14.7 Å². The summed E-state index contributed by atoms with van der Waals surface area (Å²) in [6.45, 7) is 0.126. The molecule has 0 saturated carbocycles. The third-order valence-electron chi connectivity index (χ3n) is 3.38. The molecule has 0 aliphatic heterocycles. The lowest BCUT2D eigenvalue weighted by Crippen LogP contribution is -2.15. The molecule has 3 aromatic rings. The second-order valence-corrected chi connectivity index (χ2v) is 4.68. The molecule has 112 valence electrons. The minimum absolute atomic E-state index is 0.0587. The van der Waals surface area contributed by atoms with E-state index in [4.69, 9.17) is 9.15 Å². The van der Waals surface area contributed by atoms with Gasteiger partial charge in [0.25, 0.3) is 5.69 Å². The number of methoxy groups -OCH3 is 1. The number of hydrogen-bond acceptors (Lipinski definition) is 5. The molecule has 0 bridgehead atoms. The number of nitrogens with zero attached hydrogens (tertiary/aromatic N) is 2. The van der Waals surface area contributed by atoms with Crippen LogP contribution in [-0.2, 0) is 6.54 Å². The topological polar surface area (TPSA) is 87.5 Å². The lowest BCUT2D eigenvalue weighted by Gasteiger charge is -2.08. The number of non-ortho nitro benzene ring substituents is 1. The van der Waals surface area contributed by atoms with Gasteiger partial charge in [-0.05, 0) is 18.2 Å². The average molecular weight is 300 g/mol. The predicted molar refractivity (Wildman–Crippen MR) is 79.2 cm³/mol. The van der Waals surface area contributed by atoms with Crippen molar-refractivity contribution in [3.05, 3.63) is 68.7 Å². The third kappa shape index (κ3) is 2.32. The molecule has 0 fully saturated rings. The van der Waals surface area contributed by atoms with Gasteiger partial charge in [-0.1, -0.05) is 12.1 Å². The summed E-state index contributed by atoms with van der Waals surface area (Å²) < 4.78 is 11.8. The van der Waals surface area contributed by atoms with Gasteiger partial charge >= 0.3 is 5.76 Å². The second kappa shape index (κ2) is 5.36. The number of nitro benzene ring substituents is 1. The van der Waals surface area contributed by atoms with Crippen LogP contribution in [0.25, 0.3) is 11.1 Å². The van der Waals surface area contributed by atoms with Crippen molar-refractivity contribution in [2.45, 2.75) is 6.54 Å². The molecule has 7 nitrogen and oxygen atoms in total. The Bertz CT molecular complexity index is 910. The highest BCUT2D eigenvalue weighted by Crippen LogP contribution is 2.25. The number of fused-ring (bicyclic) bond motifs is 1. The van der Waals surface area contributed by atoms with E-state index in [1.54, 1.807) is 24.3 Å². The summed E-state index contributed by atoms with van der Waals surface area (Å²) in [5.74, 6) is -0.0439. The van der Waals surface area contributed by atoms with E-state index < -0.39 is 10.7 Å². The average Bonchev–Trinajstić information content (AvgIpc) is 2.83. The number of hydrogen-bond donors (Lipinski definition) is 0. The van der Waals surface area contributed by atoms with Crippen LogP contribution in [0.1, 0.15) is 5.56 Å². The first-order valence-electron chi connectivity index (χ1n) is 6.50. The summed E-state index contributed by atoms with van der Waals surface area (Å²) in [5, 5.41) is 10.9. The minimum atomic E-state index is -0.519. The molecule has 2 aromatic carbocycles. The molecule has 0 amide bonds. The molecular formula is C15H12N2O5. The molecule has 0 spiro atoms. The summed E-state index contributed by atoms with van der Waals surface area (Å²) >= 11 is 0. The zero-order valence-electron chi connectivity index (χ0n) is 11.7. The van der Waals surface area contributed by atoms with E-state index in [1.165, 1.54) is 29.9 Å². The fraction of sp³-hybridized carbons (Fsp3) is 0.133. The van der Waals surface area contributed by atoms with Gasteiger partial charge in [0, 0.05) is 17.7 Å². The van der Waals surface area contributed by atoms with Crippen molar-refractivity contribution in [1.82, 2.24) is 4.57 Å². The Morgan fingerprint density at radius 2 is 2.05 bits per heavy atom. The van der Waals surface area contributed by atoms with Crippen LogP contribution in [0, 0.1) is 10.1 Å². The predicted octanol–water partition coefficient (Wildman–Crippen LogP) is 2.56. The Morgan fingerprint density at radius 3 is 2.77 bits per heavy atom. The summed E-state index contributed by atoms with van der Waals surface area (Å²) in [4.78, 5) is 22.4. The molecule has 7 heteroatoms. The molecule has 0 atom stereocenters. The maximum Gasteiger partial charge on any atom is 0.420 e. The first kappa shape index (κ1) is 13.9. The van der Waals surface area contributed by atoms with Crippen LogP contribution in [-0.4, -0.2) is 16.6 Å². The number of para-hydroxylation sites is 2. The second-order valence-electron chi connectivity index (χ2n) is 4.68. The SMILES string of the molecule is COc1ccc([N+](=O)[O-])cc1Cn1c(=O)oc2ccccc21. The van der Waals surface area contributed by atoms with Crippen molar-refractivity contribution >= 4 is 16.8 Å². The minimum Gasteiger partial charge on any atom is -0.496 e. The van der Waals surface area contributed by atoms with E-state index >= 15 is 0 Å². The van der Waals surface area contributed by atoms with Crippen molar-refractivity contribution in [2.24, 2.45) is 0 Å². The van der Waals surface area contributed by atoms with Gasteiger partial charge in [-0.15, -0.1) is 0 Å². The first-order valence-corrected chi connectivity index (χ1v) is 6.50. The van der Waals surface area contributed by atoms with E-state index in [9.17, 15) is 14.9 Å². The maximum atomic E-state index is 12.0. The molecule has 1 aromatic heterocycles. The first-order chi connectivity index (χ1) is 10.6. The van der Waals surface area contributed by atoms with Gasteiger partial charge in [-0.2, -0.15) is 0 Å². The van der Waals surface area contributed by atoms with Crippen LogP contribution < -0.4 is 10.5 Å². The van der Waals surface area contributed by atoms with Crippen molar-refractivity contribution in [3.8, 4) is 5.75 Å². The van der Waals surface area contributed by atoms with Crippen LogP contribution in [0.5, 0.6) is 5.75 Å². The molecule has 1 heterocycles. The Hall–Kier alpha value is -3.09. The summed E-state index contributed by atoms with van der Waals surface area (Å²) in [7, 11) is 1.47. The molecule has 0 saturated heterocycles. The third-order valence-corrected chi connectivity index (χ3v) is 3.38. The lowest BCUT2D eigenvalue weighted by atomic mass is 10.1. The molecule has 22 heavy (non-hydrogen) atoms. The fourth-order valence-electron chi connectivity index (χ4n) is 2.34. The standard InChI is InChI=1S/C15H12N2O5/c1-21-13-7-6-11(17(19)20)8-10(13)9-16-12-4-2-3-5-14(12)22-15(16)18/h2-8H,9H2,1H3. The monoisotopic (exact) mass is 300 g/mol. The Morgan fingerprint density at radius 1 is 1.27 bits per heavy atom. The zero-order valence-corrected chi connectivity index (χ0v) is 11.7. The van der Waals surface area contributed by atoms with Crippen LogP contribution in [0.4, 0.5) is 5.69 Å². The van der Waals surface area contributed by atoms with E-state index in [2.05, 4.69) is 0 Å². The quantitative estimate of drug-likeness (QED) is 0.546. The zero-order chi connectivity index (χ0) is 15.7. The molecule has 0 unspecified atom stereocenters. The van der Waals surface area contributed by atoms with Crippen molar-refractivity contribution in [3.63, 3.8) is 0 Å².